The molecule has 1 unspecified atom stereocenters. The third-order valence-electron chi connectivity index (χ3n) is 5.42. The first-order valence-corrected chi connectivity index (χ1v) is 11.3. The zero-order valence-corrected chi connectivity index (χ0v) is 19.6. The van der Waals surface area contributed by atoms with Crippen LogP contribution in [0.4, 0.5) is 17.1 Å². The number of carbonyl (C=O) groups excluding carboxylic acids is 3. The molecule has 0 radical (unpaired) electrons. The van der Waals surface area contributed by atoms with Crippen molar-refractivity contribution in [1.29, 1.82) is 0 Å². The number of benzene rings is 3. The molecule has 3 rings (SSSR count). The van der Waals surface area contributed by atoms with Gasteiger partial charge in [-0.05, 0) is 55.3 Å². The van der Waals surface area contributed by atoms with Crippen LogP contribution in [-0.4, -0.2) is 24.3 Å². The highest BCUT2D eigenvalue weighted by Gasteiger charge is 2.13. The highest BCUT2D eigenvalue weighted by molar-refractivity contribution is 5.98. The summed E-state index contributed by atoms with van der Waals surface area (Å²) in [5.74, 6) is -0.537. The van der Waals surface area contributed by atoms with E-state index in [1.165, 1.54) is 0 Å². The van der Waals surface area contributed by atoms with Crippen molar-refractivity contribution in [2.45, 2.75) is 33.2 Å². The SMILES string of the molecule is CCC(=O)Nc1cccc(NCC(=O)Nc2cccc(C(=O)NC(C)c3ccccc3)c2)c1C. The van der Waals surface area contributed by atoms with E-state index in [-0.39, 0.29) is 30.3 Å². The highest BCUT2D eigenvalue weighted by atomic mass is 16.2. The average Bonchev–Trinajstić information content (AvgIpc) is 2.85. The van der Waals surface area contributed by atoms with Gasteiger partial charge in [-0.3, -0.25) is 14.4 Å². The van der Waals surface area contributed by atoms with Crippen LogP contribution in [0, 0.1) is 6.92 Å². The molecule has 0 aromatic heterocycles. The largest absolute Gasteiger partial charge is 0.376 e. The van der Waals surface area contributed by atoms with Gasteiger partial charge in [0.1, 0.15) is 0 Å². The Bertz CT molecular complexity index is 1160. The molecule has 0 saturated heterocycles. The Kier molecular flexibility index (Phi) is 8.40. The number of nitrogens with one attached hydrogen (secondary N) is 4. The van der Waals surface area contributed by atoms with Crippen molar-refractivity contribution in [3.8, 4) is 0 Å². The molecular formula is C27H30N4O3. The molecule has 1 atom stereocenters. The van der Waals surface area contributed by atoms with Crippen molar-refractivity contribution in [3.63, 3.8) is 0 Å². The predicted molar refractivity (Wildman–Crippen MR) is 136 cm³/mol. The molecular weight excluding hydrogens is 428 g/mol. The van der Waals surface area contributed by atoms with Crippen LogP contribution in [0.5, 0.6) is 0 Å². The van der Waals surface area contributed by atoms with Crippen molar-refractivity contribution in [2.75, 3.05) is 22.5 Å². The topological polar surface area (TPSA) is 99.3 Å². The zero-order valence-electron chi connectivity index (χ0n) is 19.6. The summed E-state index contributed by atoms with van der Waals surface area (Å²) in [7, 11) is 0. The number of rotatable bonds is 9. The van der Waals surface area contributed by atoms with Gasteiger partial charge in [0.25, 0.3) is 5.91 Å². The molecule has 0 bridgehead atoms. The van der Waals surface area contributed by atoms with Gasteiger partial charge >= 0.3 is 0 Å². The maximum Gasteiger partial charge on any atom is 0.251 e. The highest BCUT2D eigenvalue weighted by Crippen LogP contribution is 2.23. The molecule has 0 aliphatic rings. The van der Waals surface area contributed by atoms with E-state index in [4.69, 9.17) is 0 Å². The van der Waals surface area contributed by atoms with Gasteiger partial charge < -0.3 is 21.3 Å². The van der Waals surface area contributed by atoms with Crippen molar-refractivity contribution in [2.24, 2.45) is 0 Å². The van der Waals surface area contributed by atoms with Gasteiger partial charge in [-0.15, -0.1) is 0 Å². The van der Waals surface area contributed by atoms with Crippen LogP contribution in [0.3, 0.4) is 0 Å². The van der Waals surface area contributed by atoms with Crippen LogP contribution < -0.4 is 21.3 Å². The monoisotopic (exact) mass is 458 g/mol. The normalized spacial score (nSPS) is 11.3. The number of anilines is 3. The number of hydrogen-bond donors (Lipinski definition) is 4. The minimum atomic E-state index is -0.252. The fourth-order valence-electron chi connectivity index (χ4n) is 3.43. The van der Waals surface area contributed by atoms with Gasteiger partial charge in [-0.25, -0.2) is 0 Å². The number of amides is 3. The molecule has 0 aliphatic carbocycles. The van der Waals surface area contributed by atoms with Crippen LogP contribution in [0.2, 0.25) is 0 Å². The van der Waals surface area contributed by atoms with Crippen molar-refractivity contribution < 1.29 is 14.4 Å². The minimum Gasteiger partial charge on any atom is -0.376 e. The quantitative estimate of drug-likeness (QED) is 0.367. The van der Waals surface area contributed by atoms with E-state index in [9.17, 15) is 14.4 Å². The Hall–Kier alpha value is -4.13. The molecule has 7 heteroatoms. The lowest BCUT2D eigenvalue weighted by molar-refractivity contribution is -0.116. The second-order valence-electron chi connectivity index (χ2n) is 7.97. The summed E-state index contributed by atoms with van der Waals surface area (Å²) in [5, 5.41) is 11.7. The van der Waals surface area contributed by atoms with Gasteiger partial charge in [-0.2, -0.15) is 0 Å². The van der Waals surface area contributed by atoms with Gasteiger partial charge in [0, 0.05) is 29.0 Å². The van der Waals surface area contributed by atoms with Crippen LogP contribution in [-0.2, 0) is 9.59 Å². The molecule has 7 nitrogen and oxygen atoms in total. The number of carbonyl (C=O) groups is 3. The smallest absolute Gasteiger partial charge is 0.251 e. The van der Waals surface area contributed by atoms with Gasteiger partial charge in [-0.1, -0.05) is 49.4 Å². The van der Waals surface area contributed by atoms with Gasteiger partial charge in [0.05, 0.1) is 12.6 Å². The Morgan fingerprint density at radius 1 is 0.824 bits per heavy atom. The van der Waals surface area contributed by atoms with Crippen molar-refractivity contribution in [3.05, 3.63) is 89.5 Å². The molecule has 3 amide bonds. The van der Waals surface area contributed by atoms with E-state index in [2.05, 4.69) is 21.3 Å². The van der Waals surface area contributed by atoms with Crippen molar-refractivity contribution >= 4 is 34.8 Å². The van der Waals surface area contributed by atoms with E-state index in [0.29, 0.717) is 23.4 Å². The lowest BCUT2D eigenvalue weighted by Gasteiger charge is -2.15. The summed E-state index contributed by atoms with van der Waals surface area (Å²) in [5.41, 5.74) is 4.33. The maximum absolute atomic E-state index is 12.7. The predicted octanol–water partition coefficient (Wildman–Crippen LogP) is 4.89. The second-order valence-corrected chi connectivity index (χ2v) is 7.97. The first-order chi connectivity index (χ1) is 16.4. The Labute approximate surface area is 200 Å². The van der Waals surface area contributed by atoms with Crippen LogP contribution in [0.25, 0.3) is 0 Å². The maximum atomic E-state index is 12.7. The minimum absolute atomic E-state index is 0.0352. The zero-order chi connectivity index (χ0) is 24.5. The third-order valence-corrected chi connectivity index (χ3v) is 5.42. The fourth-order valence-corrected chi connectivity index (χ4v) is 3.43. The molecule has 0 fully saturated rings. The number of hydrogen-bond acceptors (Lipinski definition) is 4. The molecule has 0 saturated carbocycles. The first-order valence-electron chi connectivity index (χ1n) is 11.3. The summed E-state index contributed by atoms with van der Waals surface area (Å²) in [6, 6.07) is 21.9. The molecule has 4 N–H and O–H groups in total. The van der Waals surface area contributed by atoms with Crippen LogP contribution in [0.1, 0.15) is 47.8 Å². The molecule has 0 spiro atoms. The Morgan fingerprint density at radius 2 is 1.53 bits per heavy atom. The lowest BCUT2D eigenvalue weighted by Crippen LogP contribution is -2.27. The second kappa shape index (κ2) is 11.7. The van der Waals surface area contributed by atoms with E-state index >= 15 is 0 Å². The van der Waals surface area contributed by atoms with Crippen LogP contribution >= 0.6 is 0 Å². The lowest BCUT2D eigenvalue weighted by atomic mass is 10.1. The summed E-state index contributed by atoms with van der Waals surface area (Å²) < 4.78 is 0. The van der Waals surface area contributed by atoms with Gasteiger partial charge in [0.2, 0.25) is 11.8 Å². The van der Waals surface area contributed by atoms with Crippen LogP contribution in [0.15, 0.2) is 72.8 Å². The third kappa shape index (κ3) is 6.68. The first kappa shape index (κ1) is 24.5. The standard InChI is InChI=1S/C27H30N4O3/c1-4-25(32)31-24-15-9-14-23(18(24)2)28-17-26(33)30-22-13-8-12-21(16-22)27(34)29-19(3)20-10-6-5-7-11-20/h5-16,19,28H,4,17H2,1-3H3,(H,29,34)(H,30,33)(H,31,32). The molecule has 176 valence electrons. The Morgan fingerprint density at radius 3 is 2.26 bits per heavy atom. The van der Waals surface area contributed by atoms with E-state index in [1.807, 2.05) is 62.4 Å². The van der Waals surface area contributed by atoms with Crippen molar-refractivity contribution in [1.82, 2.24) is 5.32 Å². The average molecular weight is 459 g/mol. The summed E-state index contributed by atoms with van der Waals surface area (Å²) in [4.78, 5) is 36.9. The fraction of sp³-hybridized carbons (Fsp3) is 0.222. The van der Waals surface area contributed by atoms with E-state index < -0.39 is 0 Å². The van der Waals surface area contributed by atoms with Gasteiger partial charge in [0.15, 0.2) is 0 Å². The summed E-state index contributed by atoms with van der Waals surface area (Å²) in [6.07, 6.45) is 0.391. The summed E-state index contributed by atoms with van der Waals surface area (Å²) >= 11 is 0. The molecule has 0 heterocycles. The summed E-state index contributed by atoms with van der Waals surface area (Å²) in [6.45, 7) is 5.63. The molecule has 3 aromatic rings. The molecule has 3 aromatic carbocycles. The van der Waals surface area contributed by atoms with E-state index in [0.717, 1.165) is 16.8 Å². The molecule has 34 heavy (non-hydrogen) atoms. The Balaban J connectivity index is 1.58. The van der Waals surface area contributed by atoms with E-state index in [1.54, 1.807) is 31.2 Å². The molecule has 0 aliphatic heterocycles.